The lowest BCUT2D eigenvalue weighted by molar-refractivity contribution is -0.385. The summed E-state index contributed by atoms with van der Waals surface area (Å²) in [5, 5.41) is 12.8. The van der Waals surface area contributed by atoms with Gasteiger partial charge in [0.1, 0.15) is 0 Å². The molecule has 2 aromatic carbocycles. The third kappa shape index (κ3) is 1.95. The molecule has 1 N–H and O–H groups in total. The number of fused-ring (bicyclic) bond motifs is 4. The summed E-state index contributed by atoms with van der Waals surface area (Å²) in [5.74, 6) is 0.567. The van der Waals surface area contributed by atoms with E-state index in [9.17, 15) is 10.1 Å². The number of hydrogen-bond donors (Lipinski definition) is 1. The van der Waals surface area contributed by atoms with Crippen molar-refractivity contribution in [1.29, 1.82) is 0 Å². The van der Waals surface area contributed by atoms with Crippen LogP contribution < -0.4 is 9.47 Å². The van der Waals surface area contributed by atoms with Gasteiger partial charge < -0.3 is 14.5 Å². The number of nitro benzene ring substituents is 1. The Morgan fingerprint density at radius 1 is 1.16 bits per heavy atom. The van der Waals surface area contributed by atoms with E-state index in [0.717, 1.165) is 28.6 Å². The Morgan fingerprint density at radius 2 is 2.04 bits per heavy atom. The molecule has 7 nitrogen and oxygen atoms in total. The van der Waals surface area contributed by atoms with E-state index in [2.05, 4.69) is 16.0 Å². The molecule has 124 valence electrons. The number of rotatable bonds is 2. The van der Waals surface area contributed by atoms with Crippen molar-refractivity contribution in [2.45, 2.75) is 6.42 Å². The molecule has 0 saturated heterocycles. The first-order valence-electron chi connectivity index (χ1n) is 7.96. The summed E-state index contributed by atoms with van der Waals surface area (Å²) in [5.41, 5.74) is 3.94. The van der Waals surface area contributed by atoms with Crippen LogP contribution in [-0.2, 0) is 6.42 Å². The number of H-pyrrole nitrogens is 1. The Hall–Kier alpha value is -3.35. The van der Waals surface area contributed by atoms with E-state index in [1.54, 1.807) is 12.1 Å². The molecule has 3 aromatic rings. The van der Waals surface area contributed by atoms with Crippen molar-refractivity contribution in [3.8, 4) is 11.5 Å². The van der Waals surface area contributed by atoms with Crippen molar-refractivity contribution in [3.63, 3.8) is 0 Å². The van der Waals surface area contributed by atoms with Gasteiger partial charge in [0.15, 0.2) is 5.75 Å². The van der Waals surface area contributed by atoms with Gasteiger partial charge in [-0.2, -0.15) is 0 Å². The first kappa shape index (κ1) is 14.0. The maximum Gasteiger partial charge on any atom is 0.324 e. The zero-order valence-corrected chi connectivity index (χ0v) is 13.1. The fourth-order valence-electron chi connectivity index (χ4n) is 3.57. The molecule has 25 heavy (non-hydrogen) atoms. The molecule has 2 aliphatic rings. The fourth-order valence-corrected chi connectivity index (χ4v) is 3.57. The molecule has 0 fully saturated rings. The van der Waals surface area contributed by atoms with Gasteiger partial charge in [-0.15, -0.1) is 0 Å². The topological polar surface area (TPSA) is 89.8 Å². The predicted octanol–water partition coefficient (Wildman–Crippen LogP) is 3.20. The quantitative estimate of drug-likeness (QED) is 0.575. The van der Waals surface area contributed by atoms with Crippen LogP contribution in [0, 0.1) is 10.1 Å². The second-order valence-corrected chi connectivity index (χ2v) is 5.96. The SMILES string of the molecule is O=[N+]([O-])c1c(C2=NCCc3c2[nH]c2ccccc32)ccc2c1OCO2. The summed E-state index contributed by atoms with van der Waals surface area (Å²) in [6, 6.07) is 11.4. The minimum absolute atomic E-state index is 0.0102. The normalized spacial score (nSPS) is 15.1. The number of aromatic nitrogens is 1. The maximum absolute atomic E-state index is 11.7. The highest BCUT2D eigenvalue weighted by molar-refractivity contribution is 6.18. The smallest absolute Gasteiger partial charge is 0.324 e. The van der Waals surface area contributed by atoms with Crippen LogP contribution in [0.4, 0.5) is 5.69 Å². The largest absolute Gasteiger partial charge is 0.453 e. The Morgan fingerprint density at radius 3 is 2.92 bits per heavy atom. The van der Waals surface area contributed by atoms with Gasteiger partial charge in [0, 0.05) is 17.4 Å². The molecule has 7 heteroatoms. The Bertz CT molecular complexity index is 1070. The van der Waals surface area contributed by atoms with E-state index >= 15 is 0 Å². The minimum atomic E-state index is -0.428. The molecule has 0 bridgehead atoms. The van der Waals surface area contributed by atoms with Gasteiger partial charge in [0.25, 0.3) is 0 Å². The molecule has 0 unspecified atom stereocenters. The number of nitrogens with zero attached hydrogens (tertiary/aromatic N) is 2. The summed E-state index contributed by atoms with van der Waals surface area (Å²) in [6.45, 7) is 0.583. The van der Waals surface area contributed by atoms with E-state index in [1.165, 1.54) is 0 Å². The molecule has 0 aliphatic carbocycles. The predicted molar refractivity (Wildman–Crippen MR) is 91.7 cm³/mol. The average molecular weight is 335 g/mol. The Balaban J connectivity index is 1.76. The van der Waals surface area contributed by atoms with Crippen LogP contribution in [0.15, 0.2) is 41.4 Å². The lowest BCUT2D eigenvalue weighted by Crippen LogP contribution is -2.15. The summed E-state index contributed by atoms with van der Waals surface area (Å²) in [6.07, 6.45) is 0.807. The van der Waals surface area contributed by atoms with Gasteiger partial charge in [-0.05, 0) is 30.2 Å². The lowest BCUT2D eigenvalue weighted by atomic mass is 9.96. The molecule has 0 atom stereocenters. The number of ether oxygens (including phenoxy) is 2. The van der Waals surface area contributed by atoms with Crippen molar-refractivity contribution in [1.82, 2.24) is 4.98 Å². The third-order valence-corrected chi connectivity index (χ3v) is 4.63. The van der Waals surface area contributed by atoms with E-state index in [0.29, 0.717) is 23.6 Å². The highest BCUT2D eigenvalue weighted by atomic mass is 16.7. The highest BCUT2D eigenvalue weighted by Crippen LogP contribution is 2.44. The van der Waals surface area contributed by atoms with Gasteiger partial charge in [-0.3, -0.25) is 15.1 Å². The molecule has 3 heterocycles. The van der Waals surface area contributed by atoms with Crippen molar-refractivity contribution in [2.75, 3.05) is 13.3 Å². The van der Waals surface area contributed by atoms with Gasteiger partial charge >= 0.3 is 5.69 Å². The van der Waals surface area contributed by atoms with Crippen LogP contribution >= 0.6 is 0 Å². The van der Waals surface area contributed by atoms with E-state index < -0.39 is 4.92 Å². The van der Waals surface area contributed by atoms with Gasteiger partial charge in [-0.1, -0.05) is 18.2 Å². The number of hydrogen-bond acceptors (Lipinski definition) is 5. The second-order valence-electron chi connectivity index (χ2n) is 5.96. The molecule has 0 saturated carbocycles. The van der Waals surface area contributed by atoms with Crippen molar-refractivity contribution in [3.05, 3.63) is 63.3 Å². The van der Waals surface area contributed by atoms with Crippen LogP contribution in [0.25, 0.3) is 10.9 Å². The monoisotopic (exact) mass is 335 g/mol. The van der Waals surface area contributed by atoms with Crippen molar-refractivity contribution >= 4 is 22.3 Å². The zero-order valence-electron chi connectivity index (χ0n) is 13.1. The zero-order chi connectivity index (χ0) is 17.0. The molecule has 5 rings (SSSR count). The average Bonchev–Trinajstić information content (AvgIpc) is 3.24. The summed E-state index contributed by atoms with van der Waals surface area (Å²) < 4.78 is 10.6. The summed E-state index contributed by atoms with van der Waals surface area (Å²) in [4.78, 5) is 19.2. The third-order valence-electron chi connectivity index (χ3n) is 4.63. The molecule has 1 aromatic heterocycles. The van der Waals surface area contributed by atoms with Gasteiger partial charge in [-0.25, -0.2) is 0 Å². The van der Waals surface area contributed by atoms with Crippen molar-refractivity contribution in [2.24, 2.45) is 4.99 Å². The molecular formula is C18H13N3O4. The molecular weight excluding hydrogens is 322 g/mol. The standard InChI is InChI=1S/C18H13N3O4/c22-21(23)17-12(5-6-14-18(17)25-9-24-14)15-16-11(7-8-19-15)10-3-1-2-4-13(10)20-16/h1-6,20H,7-9H2. The van der Waals surface area contributed by atoms with E-state index in [4.69, 9.17) is 9.47 Å². The lowest BCUT2D eigenvalue weighted by Gasteiger charge is -2.14. The summed E-state index contributed by atoms with van der Waals surface area (Å²) >= 11 is 0. The molecule has 0 radical (unpaired) electrons. The first-order chi connectivity index (χ1) is 12.2. The second kappa shape index (κ2) is 5.07. The fraction of sp³-hybridized carbons (Fsp3) is 0.167. The van der Waals surface area contributed by atoms with Crippen LogP contribution in [0.2, 0.25) is 0 Å². The number of nitrogens with one attached hydrogen (secondary N) is 1. The number of aromatic amines is 1. The minimum Gasteiger partial charge on any atom is -0.453 e. The molecule has 2 aliphatic heterocycles. The number of benzene rings is 2. The van der Waals surface area contributed by atoms with E-state index in [-0.39, 0.29) is 18.2 Å². The van der Waals surface area contributed by atoms with Crippen LogP contribution in [0.5, 0.6) is 11.5 Å². The van der Waals surface area contributed by atoms with Gasteiger partial charge in [0.05, 0.1) is 21.9 Å². The van der Waals surface area contributed by atoms with Crippen LogP contribution in [0.3, 0.4) is 0 Å². The van der Waals surface area contributed by atoms with E-state index in [1.807, 2.05) is 18.2 Å². The van der Waals surface area contributed by atoms with Gasteiger partial charge in [0.2, 0.25) is 12.5 Å². The Labute approximate surface area is 142 Å². The number of para-hydroxylation sites is 1. The molecule has 0 spiro atoms. The summed E-state index contributed by atoms with van der Waals surface area (Å²) in [7, 11) is 0. The van der Waals surface area contributed by atoms with Crippen LogP contribution in [0.1, 0.15) is 16.8 Å². The maximum atomic E-state index is 11.7. The number of nitro groups is 1. The highest BCUT2D eigenvalue weighted by Gasteiger charge is 2.33. The Kier molecular flexibility index (Phi) is 2.85. The van der Waals surface area contributed by atoms with Crippen LogP contribution in [-0.4, -0.2) is 29.0 Å². The molecule has 0 amide bonds. The number of aliphatic imine (C=N–C) groups is 1. The van der Waals surface area contributed by atoms with Crippen molar-refractivity contribution < 1.29 is 14.4 Å². The first-order valence-corrected chi connectivity index (χ1v) is 7.96.